The Morgan fingerprint density at radius 3 is 2.69 bits per heavy atom. The fourth-order valence-electron chi connectivity index (χ4n) is 0.955. The van der Waals surface area contributed by atoms with Crippen LogP contribution in [0.2, 0.25) is 0 Å². The highest BCUT2D eigenvalue weighted by atomic mass is 19.3. The third kappa shape index (κ3) is 2.45. The molecule has 0 saturated carbocycles. The van der Waals surface area contributed by atoms with Crippen LogP contribution in [0.25, 0.3) is 0 Å². The summed E-state index contributed by atoms with van der Waals surface area (Å²) in [6, 6.07) is 4.73. The molecular weight excluding hydrogens is 174 g/mol. The topological polar surface area (TPSA) is 9.23 Å². The van der Waals surface area contributed by atoms with Crippen LogP contribution in [-0.4, -0.2) is 6.61 Å². The maximum atomic E-state index is 11.8. The van der Waals surface area contributed by atoms with Crippen LogP contribution in [0.4, 0.5) is 8.78 Å². The van der Waals surface area contributed by atoms with Crippen LogP contribution in [0.15, 0.2) is 18.2 Å². The van der Waals surface area contributed by atoms with Gasteiger partial charge >= 0.3 is 6.61 Å². The predicted molar refractivity (Wildman–Crippen MR) is 45.7 cm³/mol. The Labute approximate surface area is 75.3 Å². The summed E-state index contributed by atoms with van der Waals surface area (Å²) < 4.78 is 27.9. The summed E-state index contributed by atoms with van der Waals surface area (Å²) >= 11 is 0. The first-order chi connectivity index (χ1) is 6.13. The van der Waals surface area contributed by atoms with E-state index in [1.165, 1.54) is 6.07 Å². The zero-order valence-electron chi connectivity index (χ0n) is 7.05. The van der Waals surface area contributed by atoms with Crippen molar-refractivity contribution in [2.24, 2.45) is 0 Å². The zero-order chi connectivity index (χ0) is 9.84. The van der Waals surface area contributed by atoms with E-state index >= 15 is 0 Å². The van der Waals surface area contributed by atoms with Gasteiger partial charge in [0, 0.05) is 0 Å². The summed E-state index contributed by atoms with van der Waals surface area (Å²) in [5.41, 5.74) is 1.26. The number of ether oxygens (including phenoxy) is 1. The number of hydrogen-bond acceptors (Lipinski definition) is 1. The van der Waals surface area contributed by atoms with Gasteiger partial charge in [-0.1, -0.05) is 12.0 Å². The Bertz CT molecular complexity index is 339. The Morgan fingerprint density at radius 1 is 1.46 bits per heavy atom. The van der Waals surface area contributed by atoms with Crippen molar-refractivity contribution in [3.8, 4) is 18.1 Å². The van der Waals surface area contributed by atoms with Crippen molar-refractivity contribution in [3.05, 3.63) is 29.3 Å². The Morgan fingerprint density at radius 2 is 2.15 bits per heavy atom. The number of terminal acetylenes is 1. The lowest BCUT2D eigenvalue weighted by Crippen LogP contribution is -2.03. The third-order valence-corrected chi connectivity index (χ3v) is 1.51. The van der Waals surface area contributed by atoms with Crippen molar-refractivity contribution in [3.63, 3.8) is 0 Å². The van der Waals surface area contributed by atoms with Gasteiger partial charge in [0.1, 0.15) is 5.75 Å². The van der Waals surface area contributed by atoms with Crippen LogP contribution >= 0.6 is 0 Å². The average Bonchev–Trinajstić information content (AvgIpc) is 2.07. The van der Waals surface area contributed by atoms with Crippen molar-refractivity contribution in [2.75, 3.05) is 0 Å². The molecule has 0 amide bonds. The molecule has 0 aliphatic rings. The van der Waals surface area contributed by atoms with Crippen LogP contribution in [0, 0.1) is 19.3 Å². The number of halogens is 2. The lowest BCUT2D eigenvalue weighted by atomic mass is 10.1. The summed E-state index contributed by atoms with van der Waals surface area (Å²) in [7, 11) is 0. The molecule has 0 aromatic heterocycles. The summed E-state index contributed by atoms with van der Waals surface area (Å²) in [5, 5.41) is 0. The lowest BCUT2D eigenvalue weighted by molar-refractivity contribution is -0.0500. The molecule has 0 radical (unpaired) electrons. The zero-order valence-corrected chi connectivity index (χ0v) is 7.05. The van der Waals surface area contributed by atoms with Crippen molar-refractivity contribution in [2.45, 2.75) is 13.5 Å². The van der Waals surface area contributed by atoms with Gasteiger partial charge in [-0.05, 0) is 24.6 Å². The van der Waals surface area contributed by atoms with Crippen LogP contribution in [0.3, 0.4) is 0 Å². The molecule has 1 nitrogen and oxygen atoms in total. The fourth-order valence-corrected chi connectivity index (χ4v) is 0.955. The number of hydrogen-bond donors (Lipinski definition) is 0. The van der Waals surface area contributed by atoms with Crippen molar-refractivity contribution in [1.29, 1.82) is 0 Å². The molecule has 0 atom stereocenters. The average molecular weight is 182 g/mol. The molecule has 0 aliphatic heterocycles. The first-order valence-corrected chi connectivity index (χ1v) is 3.65. The van der Waals surface area contributed by atoms with Gasteiger partial charge < -0.3 is 4.74 Å². The molecular formula is C10H8F2O. The van der Waals surface area contributed by atoms with Gasteiger partial charge in [-0.15, -0.1) is 6.42 Å². The molecule has 0 N–H and O–H groups in total. The number of rotatable bonds is 2. The molecule has 0 fully saturated rings. The summed E-state index contributed by atoms with van der Waals surface area (Å²) in [4.78, 5) is 0. The molecule has 0 aliphatic carbocycles. The van der Waals surface area contributed by atoms with Gasteiger partial charge in [0.2, 0.25) is 0 Å². The van der Waals surface area contributed by atoms with E-state index in [0.29, 0.717) is 5.56 Å². The molecule has 1 aromatic carbocycles. The van der Waals surface area contributed by atoms with Gasteiger partial charge in [-0.2, -0.15) is 8.78 Å². The van der Waals surface area contributed by atoms with Gasteiger partial charge in [-0.3, -0.25) is 0 Å². The van der Waals surface area contributed by atoms with Gasteiger partial charge in [0.25, 0.3) is 0 Å². The van der Waals surface area contributed by atoms with Crippen LogP contribution in [0.1, 0.15) is 11.1 Å². The molecule has 0 unspecified atom stereocenters. The summed E-state index contributed by atoms with van der Waals surface area (Å²) in [6.07, 6.45) is 5.12. The van der Waals surface area contributed by atoms with E-state index in [9.17, 15) is 8.78 Å². The van der Waals surface area contributed by atoms with E-state index in [2.05, 4.69) is 10.7 Å². The molecule has 0 bridgehead atoms. The van der Waals surface area contributed by atoms with Crippen LogP contribution < -0.4 is 4.74 Å². The minimum atomic E-state index is -2.84. The molecule has 0 heterocycles. The number of benzene rings is 1. The monoisotopic (exact) mass is 182 g/mol. The van der Waals surface area contributed by atoms with E-state index in [4.69, 9.17) is 6.42 Å². The SMILES string of the molecule is C#Cc1cc(C)ccc1OC(F)F. The molecule has 1 aromatic rings. The van der Waals surface area contributed by atoms with Gasteiger partial charge in [-0.25, -0.2) is 0 Å². The van der Waals surface area contributed by atoms with Gasteiger partial charge in [0.15, 0.2) is 0 Å². The minimum Gasteiger partial charge on any atom is -0.434 e. The quantitative estimate of drug-likeness (QED) is 0.639. The molecule has 13 heavy (non-hydrogen) atoms. The Hall–Kier alpha value is -1.56. The van der Waals surface area contributed by atoms with Crippen molar-refractivity contribution >= 4 is 0 Å². The van der Waals surface area contributed by atoms with Crippen molar-refractivity contribution < 1.29 is 13.5 Å². The molecule has 0 saturated heterocycles. The fraction of sp³-hybridized carbons (Fsp3) is 0.200. The molecule has 3 heteroatoms. The van der Waals surface area contributed by atoms with E-state index in [1.807, 2.05) is 6.92 Å². The first kappa shape index (κ1) is 9.53. The largest absolute Gasteiger partial charge is 0.434 e. The predicted octanol–water partition coefficient (Wildman–Crippen LogP) is 2.58. The Kier molecular flexibility index (Phi) is 2.86. The maximum absolute atomic E-state index is 11.8. The van der Waals surface area contributed by atoms with E-state index in [-0.39, 0.29) is 5.75 Å². The minimum absolute atomic E-state index is 0.0445. The lowest BCUT2D eigenvalue weighted by Gasteiger charge is -2.06. The highest BCUT2D eigenvalue weighted by molar-refractivity contribution is 5.46. The maximum Gasteiger partial charge on any atom is 0.387 e. The number of alkyl halides is 2. The highest BCUT2D eigenvalue weighted by Crippen LogP contribution is 2.20. The second-order valence-electron chi connectivity index (χ2n) is 2.52. The van der Waals surface area contributed by atoms with Crippen LogP contribution in [-0.2, 0) is 0 Å². The van der Waals surface area contributed by atoms with Crippen molar-refractivity contribution in [1.82, 2.24) is 0 Å². The van der Waals surface area contributed by atoms with Crippen LogP contribution in [0.5, 0.6) is 5.75 Å². The second kappa shape index (κ2) is 3.90. The Balaban J connectivity index is 3.01. The smallest absolute Gasteiger partial charge is 0.387 e. The summed E-state index contributed by atoms with van der Waals surface area (Å²) in [6.45, 7) is -1.01. The van der Waals surface area contributed by atoms with E-state index in [0.717, 1.165) is 5.56 Å². The standard InChI is InChI=1S/C10H8F2O/c1-3-8-6-7(2)4-5-9(8)13-10(11)12/h1,4-6,10H,2H3. The number of aryl methyl sites for hydroxylation is 1. The third-order valence-electron chi connectivity index (χ3n) is 1.51. The first-order valence-electron chi connectivity index (χ1n) is 3.65. The highest BCUT2D eigenvalue weighted by Gasteiger charge is 2.07. The normalized spacial score (nSPS) is 9.77. The van der Waals surface area contributed by atoms with E-state index in [1.54, 1.807) is 12.1 Å². The second-order valence-corrected chi connectivity index (χ2v) is 2.52. The molecule has 0 spiro atoms. The summed E-state index contributed by atoms with van der Waals surface area (Å²) in [5.74, 6) is 2.33. The van der Waals surface area contributed by atoms with E-state index < -0.39 is 6.61 Å². The molecule has 1 rings (SSSR count). The molecule has 68 valence electrons. The van der Waals surface area contributed by atoms with Gasteiger partial charge in [0.05, 0.1) is 5.56 Å².